The van der Waals surface area contributed by atoms with Crippen LogP contribution in [0.15, 0.2) is 147 Å². The Kier molecular flexibility index (Phi) is 33.7. The first-order valence-corrected chi connectivity index (χ1v) is 22.4. The lowest BCUT2D eigenvalue weighted by Gasteiger charge is -2.20. The molecule has 0 aromatic heterocycles. The summed E-state index contributed by atoms with van der Waals surface area (Å²) in [6.45, 7) is 16.9. The first-order chi connectivity index (χ1) is 30.1. The highest BCUT2D eigenvalue weighted by atomic mass is 16.6. The maximum atomic E-state index is 12.3. The molecule has 2 aromatic rings. The number of ether oxygens (including phenoxy) is 1. The number of carboxylic acids is 1. The number of nitrogens with one attached hydrogen (secondary N) is 1. The van der Waals surface area contributed by atoms with Crippen molar-refractivity contribution in [2.24, 2.45) is 41.2 Å². The molecule has 4 N–H and O–H groups in total. The van der Waals surface area contributed by atoms with Crippen molar-refractivity contribution in [3.63, 3.8) is 0 Å². The van der Waals surface area contributed by atoms with E-state index in [4.69, 9.17) is 5.73 Å². The van der Waals surface area contributed by atoms with Crippen molar-refractivity contribution in [3.8, 4) is 0 Å². The monoisotopic (exact) mass is 863 g/mol. The van der Waals surface area contributed by atoms with Crippen LogP contribution in [0.25, 0.3) is 12.2 Å². The van der Waals surface area contributed by atoms with E-state index in [1.807, 2.05) is 123 Å². The molecule has 6 atom stereocenters. The predicted molar refractivity (Wildman–Crippen MR) is 265 cm³/mol. The number of aliphatic carboxylic acids is 1. The molecule has 1 aliphatic heterocycles. The number of rotatable bonds is 26. The second-order valence-corrected chi connectivity index (χ2v) is 15.0. The van der Waals surface area contributed by atoms with Gasteiger partial charge in [-0.05, 0) is 86.2 Å². The first-order valence-electron chi connectivity index (χ1n) is 22.4. The van der Waals surface area contributed by atoms with Crippen LogP contribution in [0, 0.1) is 35.5 Å². The number of carboxylic acid groups (broad SMARTS) is 1. The smallest absolute Gasteiger partial charge is 0.317 e. The summed E-state index contributed by atoms with van der Waals surface area (Å²) in [5, 5.41) is 12.5. The Hall–Kier alpha value is -5.60. The van der Waals surface area contributed by atoms with E-state index in [0.29, 0.717) is 25.4 Å². The van der Waals surface area contributed by atoms with Crippen LogP contribution in [0.2, 0.25) is 0 Å². The van der Waals surface area contributed by atoms with E-state index in [0.717, 1.165) is 50.5 Å². The van der Waals surface area contributed by atoms with E-state index in [9.17, 15) is 24.3 Å². The van der Waals surface area contributed by atoms with E-state index in [2.05, 4.69) is 73.5 Å². The fourth-order valence-electron chi connectivity index (χ4n) is 6.62. The van der Waals surface area contributed by atoms with Crippen LogP contribution in [0.4, 0.5) is 0 Å². The molecular weight excluding hydrogens is 785 g/mol. The first kappa shape index (κ1) is 57.4. The lowest BCUT2D eigenvalue weighted by atomic mass is 9.85. The summed E-state index contributed by atoms with van der Waals surface area (Å²) in [5.41, 5.74) is 7.55. The SMILES string of the molecule is C.C=CC(C=CC(CC)C(CC(=O)NC/C=C/c1ccccc1)C(=O)O)CCC=CCC.C=CC(C=CC(CC)C1CC(=O)OC1=O)CCC=CCC.NC/C=C/c1ccccc1. The topological polar surface area (TPSA) is 136 Å². The van der Waals surface area contributed by atoms with Crippen LogP contribution >= 0.6 is 0 Å². The van der Waals surface area contributed by atoms with E-state index in [1.165, 1.54) is 5.56 Å². The van der Waals surface area contributed by atoms with E-state index < -0.39 is 17.9 Å². The van der Waals surface area contributed by atoms with Crippen LogP contribution in [-0.4, -0.2) is 42.0 Å². The zero-order valence-electron chi connectivity index (χ0n) is 37.8. The van der Waals surface area contributed by atoms with E-state index >= 15 is 0 Å². The molecule has 2 aromatic carbocycles. The van der Waals surface area contributed by atoms with Gasteiger partial charge in [-0.25, -0.2) is 0 Å². The molecule has 1 saturated heterocycles. The number of allylic oxidation sites excluding steroid dienone is 10. The number of esters is 2. The summed E-state index contributed by atoms with van der Waals surface area (Å²) in [7, 11) is 0. The van der Waals surface area contributed by atoms with Crippen LogP contribution in [0.3, 0.4) is 0 Å². The lowest BCUT2D eigenvalue weighted by Crippen LogP contribution is -2.31. The molecule has 0 saturated carbocycles. The Morgan fingerprint density at radius 1 is 0.762 bits per heavy atom. The summed E-state index contributed by atoms with van der Waals surface area (Å²) >= 11 is 0. The van der Waals surface area contributed by atoms with Crippen molar-refractivity contribution in [1.29, 1.82) is 0 Å². The zero-order chi connectivity index (χ0) is 45.8. The Morgan fingerprint density at radius 2 is 1.29 bits per heavy atom. The van der Waals surface area contributed by atoms with Gasteiger partial charge in [0, 0.05) is 19.5 Å². The molecule has 0 radical (unpaired) electrons. The molecule has 1 heterocycles. The lowest BCUT2D eigenvalue weighted by molar-refractivity contribution is -0.153. The Bertz CT molecular complexity index is 1760. The van der Waals surface area contributed by atoms with Crippen molar-refractivity contribution >= 4 is 36.0 Å². The second kappa shape index (κ2) is 37.0. The summed E-state index contributed by atoms with van der Waals surface area (Å²) < 4.78 is 4.64. The zero-order valence-corrected chi connectivity index (χ0v) is 37.8. The quantitative estimate of drug-likeness (QED) is 0.0487. The standard InChI is InChI=1S/C27H37NO3.C18H26O3.C9H11N.CH4/c1-4-7-8-10-14-22(5-2)18-19-24(6-3)25(27(30)31)21-26(29)28-20-13-17-23-15-11-9-12-16-23;1-4-7-8-9-10-14(5-2)11-12-15(6-3)16-13-17(19)21-18(16)20;10-8-4-7-9-5-2-1-3-6-9;/h5,7-9,11-13,15-19,22,24-25H,2,4,6,10,14,20-21H2,1,3H3,(H,28,29)(H,30,31);5,7-8,11-12,14-16H,2,4,6,9-10,13H2,1,3H3;1-7H,8,10H2;1H4/b8-7?,17-13+,19-18?;;7-4+;. The maximum absolute atomic E-state index is 12.3. The van der Waals surface area contributed by atoms with Gasteiger partial charge in [-0.15, -0.1) is 13.2 Å². The molecule has 8 heteroatoms. The number of hydrogen-bond donors (Lipinski definition) is 3. The molecule has 344 valence electrons. The van der Waals surface area contributed by atoms with Gasteiger partial charge in [0.25, 0.3) is 0 Å². The Labute approximate surface area is 380 Å². The fraction of sp³-hybridized carbons (Fsp3) is 0.418. The Balaban J connectivity index is 0.00000103. The minimum atomic E-state index is -0.937. The van der Waals surface area contributed by atoms with Gasteiger partial charge >= 0.3 is 17.9 Å². The molecule has 0 bridgehead atoms. The van der Waals surface area contributed by atoms with Gasteiger partial charge in [-0.2, -0.15) is 0 Å². The number of benzene rings is 2. The Morgan fingerprint density at radius 3 is 1.71 bits per heavy atom. The normalized spacial score (nSPS) is 16.2. The number of carbonyl (C=O) groups is 4. The molecule has 0 aliphatic carbocycles. The van der Waals surface area contributed by atoms with Crippen molar-refractivity contribution in [2.45, 2.75) is 99.3 Å². The largest absolute Gasteiger partial charge is 0.481 e. The van der Waals surface area contributed by atoms with Crippen LogP contribution in [0.5, 0.6) is 0 Å². The number of amides is 1. The van der Waals surface area contributed by atoms with Gasteiger partial charge in [-0.1, -0.05) is 181 Å². The highest BCUT2D eigenvalue weighted by Crippen LogP contribution is 2.29. The van der Waals surface area contributed by atoms with Crippen LogP contribution in [-0.2, 0) is 23.9 Å². The van der Waals surface area contributed by atoms with Gasteiger partial charge in [0.2, 0.25) is 5.91 Å². The molecule has 3 rings (SSSR count). The molecule has 0 spiro atoms. The van der Waals surface area contributed by atoms with E-state index in [1.54, 1.807) is 0 Å². The van der Waals surface area contributed by atoms with Gasteiger partial charge in [0.05, 0.1) is 18.3 Å². The maximum Gasteiger partial charge on any atom is 0.317 e. The van der Waals surface area contributed by atoms with Crippen molar-refractivity contribution in [3.05, 3.63) is 158 Å². The highest BCUT2D eigenvalue weighted by molar-refractivity contribution is 5.94. The average molecular weight is 863 g/mol. The van der Waals surface area contributed by atoms with Gasteiger partial charge in [0.15, 0.2) is 0 Å². The number of nitrogens with two attached hydrogens (primary N) is 1. The van der Waals surface area contributed by atoms with Crippen molar-refractivity contribution in [1.82, 2.24) is 5.32 Å². The molecular formula is C55H78N2O6. The van der Waals surface area contributed by atoms with E-state index in [-0.39, 0.29) is 55.8 Å². The van der Waals surface area contributed by atoms with Crippen molar-refractivity contribution < 1.29 is 29.0 Å². The second-order valence-electron chi connectivity index (χ2n) is 15.0. The minimum absolute atomic E-state index is 0. The average Bonchev–Trinajstić information content (AvgIpc) is 3.63. The van der Waals surface area contributed by atoms with Gasteiger partial charge in [0.1, 0.15) is 0 Å². The fourth-order valence-corrected chi connectivity index (χ4v) is 6.62. The molecule has 6 unspecified atom stereocenters. The minimum Gasteiger partial charge on any atom is -0.481 e. The molecule has 1 amide bonds. The number of carbonyl (C=O) groups excluding carboxylic acids is 3. The predicted octanol–water partition coefficient (Wildman–Crippen LogP) is 12.5. The number of cyclic esters (lactones) is 2. The molecule has 1 aliphatic rings. The summed E-state index contributed by atoms with van der Waals surface area (Å²) in [6.07, 6.45) is 36.1. The molecule has 1 fully saturated rings. The van der Waals surface area contributed by atoms with Gasteiger partial charge < -0.3 is 20.9 Å². The summed E-state index contributed by atoms with van der Waals surface area (Å²) in [4.78, 5) is 47.0. The third-order valence-corrected chi connectivity index (χ3v) is 10.3. The molecule has 63 heavy (non-hydrogen) atoms. The summed E-state index contributed by atoms with van der Waals surface area (Å²) in [5.74, 6) is -2.66. The number of hydrogen-bond acceptors (Lipinski definition) is 6. The third-order valence-electron chi connectivity index (χ3n) is 10.3. The molecule has 8 nitrogen and oxygen atoms in total. The highest BCUT2D eigenvalue weighted by Gasteiger charge is 2.37. The third kappa shape index (κ3) is 26.5. The van der Waals surface area contributed by atoms with Crippen LogP contribution in [0.1, 0.15) is 110 Å². The van der Waals surface area contributed by atoms with Crippen molar-refractivity contribution in [2.75, 3.05) is 13.1 Å². The van der Waals surface area contributed by atoms with Crippen LogP contribution < -0.4 is 11.1 Å². The van der Waals surface area contributed by atoms with Gasteiger partial charge in [-0.3, -0.25) is 19.2 Å². The summed E-state index contributed by atoms with van der Waals surface area (Å²) in [6, 6.07) is 19.9.